The lowest BCUT2D eigenvalue weighted by Crippen LogP contribution is -2.68. The van der Waals surface area contributed by atoms with Crippen LogP contribution in [0.15, 0.2) is 12.2 Å². The topological polar surface area (TPSA) is 413 Å². The van der Waals surface area contributed by atoms with E-state index in [0.29, 0.717) is 32.1 Å². The number of carbonyl (C=O) groups is 1. The second kappa shape index (κ2) is 24.7. The van der Waals surface area contributed by atoms with Crippen LogP contribution in [-0.4, -0.2) is 263 Å². The number of hydrogen-bond donors (Lipinski definition) is 15. The quantitative estimate of drug-likeness (QED) is 0.0478. The molecule has 0 aromatic heterocycles. The van der Waals surface area contributed by atoms with E-state index >= 15 is 4.79 Å². The Kier molecular flexibility index (Phi) is 19.2. The van der Waals surface area contributed by atoms with Gasteiger partial charge in [0.25, 0.3) is 0 Å². The van der Waals surface area contributed by atoms with Gasteiger partial charge in [-0.25, -0.2) is 0 Å². The molecule has 26 heteroatoms. The number of rotatable bonds is 14. The van der Waals surface area contributed by atoms with Gasteiger partial charge in [-0.3, -0.25) is 4.79 Å². The van der Waals surface area contributed by atoms with Gasteiger partial charge in [-0.15, -0.1) is 0 Å². The Morgan fingerprint density at radius 1 is 0.541 bits per heavy atom. The summed E-state index contributed by atoms with van der Waals surface area (Å²) < 4.78 is 58.9. The summed E-state index contributed by atoms with van der Waals surface area (Å²) in [4.78, 5) is 15.2. The van der Waals surface area contributed by atoms with Gasteiger partial charge in [0.1, 0.15) is 104 Å². The van der Waals surface area contributed by atoms with E-state index in [1.165, 1.54) is 13.8 Å². The summed E-state index contributed by atoms with van der Waals surface area (Å²) in [5.74, 6) is -0.689. The summed E-state index contributed by atoms with van der Waals surface area (Å²) in [6.45, 7) is 16.6. The van der Waals surface area contributed by atoms with E-state index in [-0.39, 0.29) is 59.0 Å². The van der Waals surface area contributed by atoms with E-state index in [9.17, 15) is 76.6 Å². The minimum atomic E-state index is -1.90. The number of esters is 1. The zero-order valence-corrected chi connectivity index (χ0v) is 49.6. The van der Waals surface area contributed by atoms with Crippen molar-refractivity contribution in [3.8, 4) is 0 Å². The minimum absolute atomic E-state index is 0.0266. The third kappa shape index (κ3) is 10.9. The molecular weight excluding hydrogens is 1120 g/mol. The van der Waals surface area contributed by atoms with E-state index in [4.69, 9.17) is 47.4 Å². The Bertz CT molecular complexity index is 2340. The lowest BCUT2D eigenvalue weighted by molar-refractivity contribution is -0.361. The van der Waals surface area contributed by atoms with Gasteiger partial charge in [0.15, 0.2) is 25.2 Å². The molecule has 0 amide bonds. The first-order valence-corrected chi connectivity index (χ1v) is 30.7. The molecule has 35 atom stereocenters. The molecule has 488 valence electrons. The average molecular weight is 1220 g/mol. The highest BCUT2D eigenvalue weighted by atomic mass is 16.8. The average Bonchev–Trinajstić information content (AvgIpc) is 1.59. The second-order valence-corrected chi connectivity index (χ2v) is 28.0. The SMILES string of the molecule is C=C(C)[C@@H]1CC[C@]2(C(=O)O[C@@H]3O[C@H](CO[C@@H]4O[C@H](CO)[C@@H](O[C@H]5O[C@@H](C)[C@H](O)[C@@H](O)[C@H]5O)[C@H](O)[C@H]4O)[C@@H](O)[C@H](O)[C@H]3O)CC[C@]3(C)[C@H](CC[C@@H]4[C@@]5(C)CC[C@H](O[C@H]6OC[C@H](O[C@H]7O[C@@H](C)[C@H](O)[C@@H](O)[C@H]7O)[C@H](O)[C@H]6O)[C@@](C)(CO)[C@@H]5CC[C@]43C)[C@@H]12. The molecule has 85 heavy (non-hydrogen) atoms. The van der Waals surface area contributed by atoms with Crippen molar-refractivity contribution in [1.82, 2.24) is 0 Å². The molecular formula is C59H96O26. The third-order valence-electron chi connectivity index (χ3n) is 23.6. The van der Waals surface area contributed by atoms with Crippen molar-refractivity contribution in [2.24, 2.45) is 56.7 Å². The minimum Gasteiger partial charge on any atom is -0.432 e. The number of hydrogen-bond acceptors (Lipinski definition) is 26. The first-order chi connectivity index (χ1) is 39.9. The fourth-order valence-corrected chi connectivity index (χ4v) is 18.4. The summed E-state index contributed by atoms with van der Waals surface area (Å²) in [6.07, 6.45) is -31.1. The van der Waals surface area contributed by atoms with Gasteiger partial charge in [0, 0.05) is 5.41 Å². The molecule has 0 aromatic carbocycles. The molecule has 0 spiro atoms. The maximum Gasteiger partial charge on any atom is 0.314 e. The van der Waals surface area contributed by atoms with Crippen molar-refractivity contribution in [3.05, 3.63) is 12.2 Å². The van der Waals surface area contributed by atoms with E-state index in [1.807, 2.05) is 13.8 Å². The van der Waals surface area contributed by atoms with Gasteiger partial charge < -0.3 is 124 Å². The van der Waals surface area contributed by atoms with Crippen LogP contribution in [0.4, 0.5) is 0 Å². The molecule has 0 radical (unpaired) electrons. The Balaban J connectivity index is 0.799. The zero-order chi connectivity index (χ0) is 61.9. The van der Waals surface area contributed by atoms with Crippen LogP contribution in [0.2, 0.25) is 0 Å². The lowest BCUT2D eigenvalue weighted by Gasteiger charge is -2.73. The Labute approximate surface area is 494 Å². The van der Waals surface area contributed by atoms with E-state index in [1.54, 1.807) is 0 Å². The number of aliphatic hydroxyl groups is 15. The summed E-state index contributed by atoms with van der Waals surface area (Å²) in [5, 5.41) is 162. The number of allylic oxidation sites excluding steroid dienone is 1. The zero-order valence-electron chi connectivity index (χ0n) is 49.6. The number of fused-ring (bicyclic) bond motifs is 7. The Morgan fingerprint density at radius 2 is 1.13 bits per heavy atom. The molecule has 10 rings (SSSR count). The van der Waals surface area contributed by atoms with Crippen LogP contribution in [0.25, 0.3) is 0 Å². The van der Waals surface area contributed by atoms with Crippen molar-refractivity contribution in [1.29, 1.82) is 0 Å². The highest BCUT2D eigenvalue weighted by Crippen LogP contribution is 2.78. The normalized spacial score (nSPS) is 56.3. The summed E-state index contributed by atoms with van der Waals surface area (Å²) in [5.41, 5.74) is -1.70. The van der Waals surface area contributed by atoms with Gasteiger partial charge in [-0.1, -0.05) is 39.8 Å². The van der Waals surface area contributed by atoms with Crippen LogP contribution in [0.1, 0.15) is 113 Å². The predicted octanol–water partition coefficient (Wildman–Crippen LogP) is -2.69. The fourth-order valence-electron chi connectivity index (χ4n) is 18.4. The fraction of sp³-hybridized carbons (Fsp3) is 0.949. The third-order valence-corrected chi connectivity index (χ3v) is 23.6. The largest absolute Gasteiger partial charge is 0.432 e. The van der Waals surface area contributed by atoms with E-state index in [0.717, 1.165) is 37.7 Å². The molecule has 10 fully saturated rings. The number of aliphatic hydroxyl groups excluding tert-OH is 15. The second-order valence-electron chi connectivity index (χ2n) is 28.0. The lowest BCUT2D eigenvalue weighted by atomic mass is 9.32. The van der Waals surface area contributed by atoms with Crippen LogP contribution in [0.3, 0.4) is 0 Å². The van der Waals surface area contributed by atoms with Gasteiger partial charge in [0.2, 0.25) is 6.29 Å². The van der Waals surface area contributed by atoms with Crippen molar-refractivity contribution in [3.63, 3.8) is 0 Å². The van der Waals surface area contributed by atoms with Crippen LogP contribution in [-0.2, 0) is 52.2 Å². The first-order valence-electron chi connectivity index (χ1n) is 30.7. The molecule has 26 nitrogen and oxygen atoms in total. The van der Waals surface area contributed by atoms with Gasteiger partial charge in [-0.2, -0.15) is 0 Å². The van der Waals surface area contributed by atoms with Gasteiger partial charge in [-0.05, 0) is 131 Å². The molecule has 5 aliphatic heterocycles. The van der Waals surface area contributed by atoms with Crippen LogP contribution in [0, 0.1) is 56.7 Å². The summed E-state index contributed by atoms with van der Waals surface area (Å²) >= 11 is 0. The maximum atomic E-state index is 15.2. The molecule has 5 saturated heterocycles. The Hall–Kier alpha value is -1.75. The van der Waals surface area contributed by atoms with E-state index in [2.05, 4.69) is 27.4 Å². The van der Waals surface area contributed by atoms with Crippen LogP contribution in [0.5, 0.6) is 0 Å². The van der Waals surface area contributed by atoms with E-state index < -0.39 is 184 Å². The smallest absolute Gasteiger partial charge is 0.314 e. The van der Waals surface area contributed by atoms with Crippen LogP contribution >= 0.6 is 0 Å². The van der Waals surface area contributed by atoms with Gasteiger partial charge in [0.05, 0.1) is 50.2 Å². The summed E-state index contributed by atoms with van der Waals surface area (Å²) in [7, 11) is 0. The van der Waals surface area contributed by atoms with Crippen molar-refractivity contribution in [2.45, 2.75) is 266 Å². The van der Waals surface area contributed by atoms with Gasteiger partial charge >= 0.3 is 5.97 Å². The molecule has 5 heterocycles. The summed E-state index contributed by atoms with van der Waals surface area (Å²) in [6, 6.07) is 0. The maximum absolute atomic E-state index is 15.2. The van der Waals surface area contributed by atoms with Crippen molar-refractivity contribution in [2.75, 3.05) is 26.4 Å². The molecule has 0 aromatic rings. The highest BCUT2D eigenvalue weighted by Gasteiger charge is 2.73. The number of ether oxygens (including phenoxy) is 10. The molecule has 5 saturated carbocycles. The monoisotopic (exact) mass is 1220 g/mol. The molecule has 10 aliphatic rings. The van der Waals surface area contributed by atoms with Crippen molar-refractivity contribution >= 4 is 5.97 Å². The molecule has 5 aliphatic carbocycles. The van der Waals surface area contributed by atoms with Crippen molar-refractivity contribution < 1.29 is 129 Å². The van der Waals surface area contributed by atoms with Crippen LogP contribution < -0.4 is 0 Å². The first kappa shape index (κ1) is 66.2. The molecule has 15 N–H and O–H groups in total. The standard InChI is InChI=1S/C59H96O26/c1-23(2)26-11-16-59(54(75)85-53-46(73)41(68)37(64)29(82-53)20-76-49-47(74)42(69)48(28(19-60)80-49)84-52-45(72)40(67)36(63)25(4)79-52)18-17-57(7)27(34(26)59)9-10-32-55(5)14-13-33(56(6,22-61)31(55)12-15-58(32,57)8)83-50-43(70)38(65)30(21-77-50)81-51-44(71)39(66)35(62)24(3)78-51/h24-53,60-74H,1,9-22H2,2-8H3/t24-,25-,26-,27+,28+,29+,30-,31+,32+,33-,34+,35-,36-,37+,38-,39+,40+,41-,42+,43+,44+,45+,46+,47+,48+,49+,50+,51+,52+,53-,55-,56-,57+,58+,59-/m0/s1. The molecule has 0 unspecified atom stereocenters. The molecule has 0 bridgehead atoms. The predicted molar refractivity (Wildman–Crippen MR) is 288 cm³/mol. The number of carbonyl (C=O) groups excluding carboxylic acids is 1. The Morgan fingerprint density at radius 3 is 1.75 bits per heavy atom. The highest BCUT2D eigenvalue weighted by molar-refractivity contribution is 5.78.